The number of ether oxygens (including phenoxy) is 1. The van der Waals surface area contributed by atoms with Crippen LogP contribution >= 0.6 is 0 Å². The van der Waals surface area contributed by atoms with E-state index >= 15 is 0 Å². The number of rotatable bonds is 7. The van der Waals surface area contributed by atoms with Crippen LogP contribution in [0.1, 0.15) is 13.3 Å². The molecule has 5 nitrogen and oxygen atoms in total. The lowest BCUT2D eigenvalue weighted by atomic mass is 10.2. The second kappa shape index (κ2) is 7.28. The van der Waals surface area contributed by atoms with Crippen LogP contribution in [-0.4, -0.2) is 80.0 Å². The molecule has 1 rings (SSSR count). The topological polar surface area (TPSA) is 62.0 Å². The molecule has 1 fully saturated rings. The maximum Gasteiger partial charge on any atom is 0.0682 e. The molecule has 1 saturated heterocycles. The Balaban J connectivity index is 2.29. The van der Waals surface area contributed by atoms with Crippen molar-refractivity contribution in [2.24, 2.45) is 5.73 Å². The molecular formula is C12H27N3O2. The number of nitrogens with zero attached hydrogens (tertiary/aromatic N) is 2. The van der Waals surface area contributed by atoms with Crippen LogP contribution in [0.5, 0.6) is 0 Å². The summed E-state index contributed by atoms with van der Waals surface area (Å²) in [6.45, 7) is 5.86. The van der Waals surface area contributed by atoms with Gasteiger partial charge in [0.2, 0.25) is 0 Å². The van der Waals surface area contributed by atoms with Gasteiger partial charge in [-0.25, -0.2) is 0 Å². The van der Waals surface area contributed by atoms with Gasteiger partial charge in [0.25, 0.3) is 0 Å². The number of nitrogens with two attached hydrogens (primary N) is 1. The van der Waals surface area contributed by atoms with Crippen LogP contribution in [0.15, 0.2) is 0 Å². The first-order valence-electron chi connectivity index (χ1n) is 6.41. The Bertz CT molecular complexity index is 214. The Labute approximate surface area is 105 Å². The molecule has 17 heavy (non-hydrogen) atoms. The molecule has 0 spiro atoms. The Hall–Kier alpha value is -0.200. The summed E-state index contributed by atoms with van der Waals surface area (Å²) in [6.07, 6.45) is 0.798. The second-order valence-electron chi connectivity index (χ2n) is 5.22. The van der Waals surface area contributed by atoms with E-state index in [0.717, 1.165) is 26.1 Å². The largest absolute Gasteiger partial charge is 0.392 e. The van der Waals surface area contributed by atoms with Crippen molar-refractivity contribution in [2.75, 3.05) is 46.9 Å². The fraction of sp³-hybridized carbons (Fsp3) is 1.00. The third-order valence-corrected chi connectivity index (χ3v) is 3.19. The Morgan fingerprint density at radius 3 is 2.82 bits per heavy atom. The summed E-state index contributed by atoms with van der Waals surface area (Å²) in [6, 6.07) is 0.441. The molecule has 0 aliphatic carbocycles. The quantitative estimate of drug-likeness (QED) is 0.624. The molecule has 3 unspecified atom stereocenters. The van der Waals surface area contributed by atoms with Crippen molar-refractivity contribution in [2.45, 2.75) is 31.6 Å². The molecule has 0 aromatic heterocycles. The van der Waals surface area contributed by atoms with Crippen molar-refractivity contribution >= 4 is 0 Å². The van der Waals surface area contributed by atoms with Gasteiger partial charge >= 0.3 is 0 Å². The van der Waals surface area contributed by atoms with Gasteiger partial charge in [-0.1, -0.05) is 0 Å². The van der Waals surface area contributed by atoms with E-state index in [4.69, 9.17) is 10.5 Å². The smallest absolute Gasteiger partial charge is 0.0682 e. The lowest BCUT2D eigenvalue weighted by Gasteiger charge is -2.26. The van der Waals surface area contributed by atoms with E-state index in [1.165, 1.54) is 0 Å². The maximum absolute atomic E-state index is 9.72. The zero-order chi connectivity index (χ0) is 12.8. The Morgan fingerprint density at radius 1 is 1.53 bits per heavy atom. The van der Waals surface area contributed by atoms with Crippen LogP contribution in [0.3, 0.4) is 0 Å². The summed E-state index contributed by atoms with van der Waals surface area (Å²) in [7, 11) is 4.13. The summed E-state index contributed by atoms with van der Waals surface area (Å²) in [5, 5.41) is 9.72. The SMILES string of the molecule is CC(CN)OCCN1CC(O)CC1CN(C)C. The number of likely N-dealkylation sites (tertiary alicyclic amines) is 1. The molecule has 102 valence electrons. The van der Waals surface area contributed by atoms with E-state index in [-0.39, 0.29) is 12.2 Å². The summed E-state index contributed by atoms with van der Waals surface area (Å²) in [5.74, 6) is 0. The van der Waals surface area contributed by atoms with Gasteiger partial charge < -0.3 is 20.5 Å². The molecule has 0 aromatic rings. The van der Waals surface area contributed by atoms with Gasteiger partial charge in [-0.3, -0.25) is 4.90 Å². The number of aliphatic hydroxyl groups excluding tert-OH is 1. The molecule has 1 aliphatic rings. The normalized spacial score (nSPS) is 27.9. The highest BCUT2D eigenvalue weighted by Gasteiger charge is 2.30. The van der Waals surface area contributed by atoms with Crippen molar-refractivity contribution in [3.8, 4) is 0 Å². The molecule has 3 atom stereocenters. The minimum absolute atomic E-state index is 0.120. The number of likely N-dealkylation sites (N-methyl/N-ethyl adjacent to an activating group) is 1. The fourth-order valence-corrected chi connectivity index (χ4v) is 2.28. The van der Waals surface area contributed by atoms with E-state index in [1.54, 1.807) is 0 Å². The molecule has 3 N–H and O–H groups in total. The van der Waals surface area contributed by atoms with E-state index in [9.17, 15) is 5.11 Å². The van der Waals surface area contributed by atoms with Gasteiger partial charge in [-0.15, -0.1) is 0 Å². The van der Waals surface area contributed by atoms with E-state index in [0.29, 0.717) is 19.2 Å². The first-order chi connectivity index (χ1) is 8.02. The lowest BCUT2D eigenvalue weighted by Crippen LogP contribution is -2.39. The Morgan fingerprint density at radius 2 is 2.24 bits per heavy atom. The van der Waals surface area contributed by atoms with E-state index in [2.05, 4.69) is 23.9 Å². The molecular weight excluding hydrogens is 218 g/mol. The predicted molar refractivity (Wildman–Crippen MR) is 69.0 cm³/mol. The standard InChI is InChI=1S/C12H27N3O2/c1-10(7-13)17-5-4-15-9-12(16)6-11(15)8-14(2)3/h10-12,16H,4-9,13H2,1-3H3. The summed E-state index contributed by atoms with van der Waals surface area (Å²) < 4.78 is 5.58. The van der Waals surface area contributed by atoms with Crippen molar-refractivity contribution in [3.05, 3.63) is 0 Å². The highest BCUT2D eigenvalue weighted by Crippen LogP contribution is 2.17. The van der Waals surface area contributed by atoms with Gasteiger partial charge in [-0.05, 0) is 27.4 Å². The maximum atomic E-state index is 9.72. The van der Waals surface area contributed by atoms with Crippen molar-refractivity contribution < 1.29 is 9.84 Å². The molecule has 0 amide bonds. The van der Waals surface area contributed by atoms with E-state index < -0.39 is 0 Å². The van der Waals surface area contributed by atoms with Gasteiger partial charge in [0.05, 0.1) is 18.8 Å². The van der Waals surface area contributed by atoms with Crippen LogP contribution in [0.4, 0.5) is 0 Å². The second-order valence-corrected chi connectivity index (χ2v) is 5.22. The van der Waals surface area contributed by atoms with E-state index in [1.807, 2.05) is 6.92 Å². The van der Waals surface area contributed by atoms with Crippen LogP contribution in [0, 0.1) is 0 Å². The minimum Gasteiger partial charge on any atom is -0.392 e. The van der Waals surface area contributed by atoms with Gasteiger partial charge in [0.15, 0.2) is 0 Å². The number of β-amino-alcohol motifs (C(OH)–C–C–N with tert-alkyl or cyclic N) is 1. The molecule has 5 heteroatoms. The van der Waals surface area contributed by atoms with Crippen molar-refractivity contribution in [3.63, 3.8) is 0 Å². The average molecular weight is 245 g/mol. The third-order valence-electron chi connectivity index (χ3n) is 3.19. The molecule has 0 radical (unpaired) electrons. The number of hydrogen-bond acceptors (Lipinski definition) is 5. The fourth-order valence-electron chi connectivity index (χ4n) is 2.28. The van der Waals surface area contributed by atoms with Crippen molar-refractivity contribution in [1.82, 2.24) is 9.80 Å². The third kappa shape index (κ3) is 5.31. The van der Waals surface area contributed by atoms with Crippen LogP contribution in [0.2, 0.25) is 0 Å². The monoisotopic (exact) mass is 245 g/mol. The summed E-state index contributed by atoms with van der Waals surface area (Å²) in [4.78, 5) is 4.48. The predicted octanol–water partition coefficient (Wildman–Crippen LogP) is -0.653. The minimum atomic E-state index is -0.188. The van der Waals surface area contributed by atoms with Crippen LogP contribution in [-0.2, 0) is 4.74 Å². The lowest BCUT2D eigenvalue weighted by molar-refractivity contribution is 0.0470. The number of aliphatic hydroxyl groups is 1. The Kier molecular flexibility index (Phi) is 6.37. The van der Waals surface area contributed by atoms with Gasteiger partial charge in [-0.2, -0.15) is 0 Å². The van der Waals surface area contributed by atoms with Gasteiger partial charge in [0, 0.05) is 32.2 Å². The zero-order valence-electron chi connectivity index (χ0n) is 11.3. The zero-order valence-corrected chi connectivity index (χ0v) is 11.3. The molecule has 0 aromatic carbocycles. The first-order valence-corrected chi connectivity index (χ1v) is 6.41. The molecule has 1 aliphatic heterocycles. The summed E-state index contributed by atoms with van der Waals surface area (Å²) >= 11 is 0. The highest BCUT2D eigenvalue weighted by molar-refractivity contribution is 4.86. The molecule has 1 heterocycles. The van der Waals surface area contributed by atoms with Crippen LogP contribution in [0.25, 0.3) is 0 Å². The highest BCUT2D eigenvalue weighted by atomic mass is 16.5. The summed E-state index contributed by atoms with van der Waals surface area (Å²) in [5.41, 5.74) is 5.50. The molecule has 0 saturated carbocycles. The van der Waals surface area contributed by atoms with Crippen molar-refractivity contribution in [1.29, 1.82) is 0 Å². The van der Waals surface area contributed by atoms with Crippen LogP contribution < -0.4 is 5.73 Å². The first kappa shape index (κ1) is 14.9. The average Bonchev–Trinajstić information content (AvgIpc) is 2.58. The number of hydrogen-bond donors (Lipinski definition) is 2. The van der Waals surface area contributed by atoms with Gasteiger partial charge in [0.1, 0.15) is 0 Å². The molecule has 0 bridgehead atoms.